The van der Waals surface area contributed by atoms with E-state index in [4.69, 9.17) is 4.74 Å². The largest absolute Gasteiger partial charge is 0.372 e. The minimum absolute atomic E-state index is 0.0109. The molecule has 1 heterocycles. The van der Waals surface area contributed by atoms with Crippen molar-refractivity contribution in [1.82, 2.24) is 10.6 Å². The first-order valence-corrected chi connectivity index (χ1v) is 5.66. The first-order valence-electron chi connectivity index (χ1n) is 5.66. The minimum atomic E-state index is -0.345. The monoisotopic (exact) mass is 214 g/mol. The van der Waals surface area contributed by atoms with Crippen LogP contribution in [-0.2, 0) is 9.53 Å². The van der Waals surface area contributed by atoms with Crippen LogP contribution in [0.2, 0.25) is 0 Å². The Bertz CT molecular complexity index is 209. The summed E-state index contributed by atoms with van der Waals surface area (Å²) in [5, 5.41) is 6.29. The van der Waals surface area contributed by atoms with Crippen LogP contribution in [0.4, 0.5) is 0 Å². The van der Waals surface area contributed by atoms with Crippen molar-refractivity contribution < 1.29 is 9.53 Å². The van der Waals surface area contributed by atoms with Gasteiger partial charge in [0.05, 0.1) is 0 Å². The molecule has 1 amide bonds. The van der Waals surface area contributed by atoms with Crippen molar-refractivity contribution in [3.05, 3.63) is 0 Å². The van der Waals surface area contributed by atoms with Crippen molar-refractivity contribution in [2.45, 2.75) is 26.4 Å². The highest BCUT2D eigenvalue weighted by atomic mass is 16.5. The molecule has 0 saturated carbocycles. The third-order valence-electron chi connectivity index (χ3n) is 3.22. The number of carbonyl (C=O) groups is 1. The van der Waals surface area contributed by atoms with Gasteiger partial charge < -0.3 is 15.4 Å². The van der Waals surface area contributed by atoms with E-state index < -0.39 is 0 Å². The molecule has 0 aromatic rings. The maximum absolute atomic E-state index is 11.5. The van der Waals surface area contributed by atoms with E-state index in [-0.39, 0.29) is 12.0 Å². The lowest BCUT2D eigenvalue weighted by atomic mass is 9.88. The van der Waals surface area contributed by atoms with Crippen LogP contribution < -0.4 is 10.6 Å². The van der Waals surface area contributed by atoms with E-state index in [0.29, 0.717) is 11.8 Å². The highest BCUT2D eigenvalue weighted by Gasteiger charge is 2.22. The fraction of sp³-hybridized carbons (Fsp3) is 0.909. The number of piperidine rings is 1. The van der Waals surface area contributed by atoms with Crippen molar-refractivity contribution in [1.29, 1.82) is 0 Å². The minimum Gasteiger partial charge on any atom is -0.372 e. The molecule has 0 bridgehead atoms. The topological polar surface area (TPSA) is 50.4 Å². The van der Waals surface area contributed by atoms with Crippen LogP contribution in [0.25, 0.3) is 0 Å². The number of nitrogens with one attached hydrogen (secondary N) is 2. The Morgan fingerprint density at radius 2 is 2.40 bits per heavy atom. The number of hydrogen-bond acceptors (Lipinski definition) is 3. The summed E-state index contributed by atoms with van der Waals surface area (Å²) in [7, 11) is 1.55. The summed E-state index contributed by atoms with van der Waals surface area (Å²) < 4.78 is 4.95. The van der Waals surface area contributed by atoms with E-state index in [1.165, 1.54) is 0 Å². The molecule has 3 unspecified atom stereocenters. The molecule has 4 nitrogen and oxygen atoms in total. The quantitative estimate of drug-likeness (QED) is 0.711. The van der Waals surface area contributed by atoms with Crippen molar-refractivity contribution in [2.24, 2.45) is 11.8 Å². The molecule has 0 aromatic carbocycles. The smallest absolute Gasteiger partial charge is 0.248 e. The van der Waals surface area contributed by atoms with Gasteiger partial charge in [-0.2, -0.15) is 0 Å². The van der Waals surface area contributed by atoms with Crippen molar-refractivity contribution in [3.63, 3.8) is 0 Å². The van der Waals surface area contributed by atoms with Gasteiger partial charge in [-0.05, 0) is 38.3 Å². The molecule has 1 fully saturated rings. The molecule has 0 aromatic heterocycles. The molecule has 1 aliphatic heterocycles. The fourth-order valence-electron chi connectivity index (χ4n) is 1.85. The first kappa shape index (κ1) is 12.5. The zero-order valence-electron chi connectivity index (χ0n) is 9.88. The summed E-state index contributed by atoms with van der Waals surface area (Å²) in [6, 6.07) is 0. The fourth-order valence-corrected chi connectivity index (χ4v) is 1.85. The molecule has 1 saturated heterocycles. The molecular formula is C11H22N2O2. The Morgan fingerprint density at radius 1 is 1.67 bits per heavy atom. The number of methoxy groups -OCH3 is 1. The summed E-state index contributed by atoms with van der Waals surface area (Å²) in [5.74, 6) is 1.22. The third kappa shape index (κ3) is 3.80. The molecule has 4 heteroatoms. The molecule has 0 spiro atoms. The maximum atomic E-state index is 11.5. The highest BCUT2D eigenvalue weighted by Crippen LogP contribution is 2.17. The van der Waals surface area contributed by atoms with Crippen molar-refractivity contribution >= 4 is 5.91 Å². The summed E-state index contributed by atoms with van der Waals surface area (Å²) in [5.41, 5.74) is 0. The van der Waals surface area contributed by atoms with Crippen LogP contribution in [-0.4, -0.2) is 38.8 Å². The molecule has 1 aliphatic rings. The Hall–Kier alpha value is -0.610. The highest BCUT2D eigenvalue weighted by molar-refractivity contribution is 5.80. The molecular weight excluding hydrogens is 192 g/mol. The van der Waals surface area contributed by atoms with Gasteiger partial charge in [-0.15, -0.1) is 0 Å². The number of hydrogen-bond donors (Lipinski definition) is 2. The molecule has 88 valence electrons. The first-order chi connectivity index (χ1) is 7.15. The van der Waals surface area contributed by atoms with Gasteiger partial charge in [-0.1, -0.05) is 6.92 Å². The number of carbonyl (C=O) groups excluding carboxylic acids is 1. The predicted molar refractivity (Wildman–Crippen MR) is 59.6 cm³/mol. The molecule has 3 atom stereocenters. The second kappa shape index (κ2) is 6.08. The zero-order chi connectivity index (χ0) is 11.3. The summed E-state index contributed by atoms with van der Waals surface area (Å²) in [4.78, 5) is 11.5. The molecule has 0 radical (unpaired) electrons. The van der Waals surface area contributed by atoms with Gasteiger partial charge in [-0.25, -0.2) is 0 Å². The van der Waals surface area contributed by atoms with Gasteiger partial charge in [0.25, 0.3) is 0 Å². The van der Waals surface area contributed by atoms with Gasteiger partial charge in [-0.3, -0.25) is 4.79 Å². The second-order valence-corrected chi connectivity index (χ2v) is 4.35. The second-order valence-electron chi connectivity index (χ2n) is 4.35. The van der Waals surface area contributed by atoms with Crippen LogP contribution >= 0.6 is 0 Å². The standard InChI is InChI=1S/C11H22N2O2/c1-8-6-12-5-4-10(8)7-13-11(14)9(2)15-3/h8-10,12H,4-7H2,1-3H3,(H,13,14). The van der Waals surface area contributed by atoms with Gasteiger partial charge >= 0.3 is 0 Å². The van der Waals surface area contributed by atoms with Gasteiger partial charge in [0, 0.05) is 13.7 Å². The average molecular weight is 214 g/mol. The number of rotatable bonds is 4. The van der Waals surface area contributed by atoms with Crippen molar-refractivity contribution in [3.8, 4) is 0 Å². The Morgan fingerprint density at radius 3 is 3.00 bits per heavy atom. The Labute approximate surface area is 91.8 Å². The predicted octanol–water partition coefficient (Wildman–Crippen LogP) is 0.383. The Balaban J connectivity index is 2.26. The van der Waals surface area contributed by atoms with E-state index in [1.54, 1.807) is 14.0 Å². The van der Waals surface area contributed by atoms with Crippen LogP contribution in [0.15, 0.2) is 0 Å². The average Bonchev–Trinajstić information content (AvgIpc) is 2.26. The Kier molecular flexibility index (Phi) is 5.05. The lowest BCUT2D eigenvalue weighted by Gasteiger charge is -2.29. The number of ether oxygens (including phenoxy) is 1. The molecule has 2 N–H and O–H groups in total. The lowest BCUT2D eigenvalue weighted by molar-refractivity contribution is -0.130. The summed E-state index contributed by atoms with van der Waals surface area (Å²) >= 11 is 0. The molecule has 15 heavy (non-hydrogen) atoms. The van der Waals surface area contributed by atoms with E-state index in [2.05, 4.69) is 17.6 Å². The van der Waals surface area contributed by atoms with E-state index in [0.717, 1.165) is 26.1 Å². The van der Waals surface area contributed by atoms with Crippen LogP contribution in [0.3, 0.4) is 0 Å². The SMILES string of the molecule is COC(C)C(=O)NCC1CCNCC1C. The molecule has 1 rings (SSSR count). The summed E-state index contributed by atoms with van der Waals surface area (Å²) in [6.45, 7) is 6.88. The lowest BCUT2D eigenvalue weighted by Crippen LogP contribution is -2.43. The number of amides is 1. The normalized spacial score (nSPS) is 28.5. The van der Waals surface area contributed by atoms with Crippen molar-refractivity contribution in [2.75, 3.05) is 26.7 Å². The van der Waals surface area contributed by atoms with E-state index >= 15 is 0 Å². The van der Waals surface area contributed by atoms with Gasteiger partial charge in [0.15, 0.2) is 0 Å². The zero-order valence-corrected chi connectivity index (χ0v) is 9.88. The molecule has 0 aliphatic carbocycles. The van der Waals surface area contributed by atoms with E-state index in [1.807, 2.05) is 0 Å². The van der Waals surface area contributed by atoms with Crippen LogP contribution in [0.1, 0.15) is 20.3 Å². The summed E-state index contributed by atoms with van der Waals surface area (Å²) in [6.07, 6.45) is 0.796. The van der Waals surface area contributed by atoms with Crippen LogP contribution in [0, 0.1) is 11.8 Å². The van der Waals surface area contributed by atoms with Gasteiger partial charge in [0.1, 0.15) is 6.10 Å². The van der Waals surface area contributed by atoms with Crippen LogP contribution in [0.5, 0.6) is 0 Å². The van der Waals surface area contributed by atoms with E-state index in [9.17, 15) is 4.79 Å². The maximum Gasteiger partial charge on any atom is 0.248 e. The third-order valence-corrected chi connectivity index (χ3v) is 3.22. The van der Waals surface area contributed by atoms with Gasteiger partial charge in [0.2, 0.25) is 5.91 Å².